The van der Waals surface area contributed by atoms with Gasteiger partial charge in [0.2, 0.25) is 11.0 Å². The van der Waals surface area contributed by atoms with E-state index >= 15 is 0 Å². The fourth-order valence-electron chi connectivity index (χ4n) is 4.35. The van der Waals surface area contributed by atoms with Crippen molar-refractivity contribution in [3.8, 4) is 0 Å². The minimum atomic E-state index is 0.950. The Morgan fingerprint density at radius 2 is 1.83 bits per heavy atom. The Hall–Kier alpha value is -3.07. The van der Waals surface area contributed by atoms with Gasteiger partial charge in [-0.25, -0.2) is 0 Å². The Morgan fingerprint density at radius 3 is 2.75 bits per heavy atom. The molecule has 0 aliphatic rings. The minimum absolute atomic E-state index is 0.950. The summed E-state index contributed by atoms with van der Waals surface area (Å²) in [5.74, 6) is 0. The predicted octanol–water partition coefficient (Wildman–Crippen LogP) is 4.72. The third-order valence-electron chi connectivity index (χ3n) is 5.43. The molecule has 0 unspecified atom stereocenters. The van der Waals surface area contributed by atoms with E-state index in [0.29, 0.717) is 0 Å². The molecule has 0 N–H and O–H groups in total. The van der Waals surface area contributed by atoms with E-state index < -0.39 is 0 Å². The van der Waals surface area contributed by atoms with Gasteiger partial charge in [0.25, 0.3) is 0 Å². The van der Waals surface area contributed by atoms with E-state index in [-0.39, 0.29) is 0 Å². The Labute approximate surface area is 137 Å². The molecule has 0 fully saturated rings. The molecule has 0 atom stereocenters. The van der Waals surface area contributed by atoms with Crippen LogP contribution in [0.25, 0.3) is 49.2 Å². The number of nitrogens with zero attached hydrogens (tertiary/aromatic N) is 2. The van der Waals surface area contributed by atoms with Gasteiger partial charge in [-0.15, -0.1) is 0 Å². The summed E-state index contributed by atoms with van der Waals surface area (Å²) in [6.07, 6.45) is 4.04. The van der Waals surface area contributed by atoms with Gasteiger partial charge in [0.15, 0.2) is 0 Å². The largest absolute Gasteiger partial charge is 0.462 e. The van der Waals surface area contributed by atoms with Crippen molar-refractivity contribution >= 4 is 49.2 Å². The van der Waals surface area contributed by atoms with Crippen LogP contribution in [0.15, 0.2) is 59.3 Å². The van der Waals surface area contributed by atoms with Crippen LogP contribution in [-0.2, 0) is 7.05 Å². The molecule has 6 rings (SSSR count). The summed E-state index contributed by atoms with van der Waals surface area (Å²) in [6.45, 7) is 2.19. The van der Waals surface area contributed by atoms with Crippen molar-refractivity contribution < 1.29 is 8.98 Å². The zero-order valence-electron chi connectivity index (χ0n) is 13.5. The fourth-order valence-corrected chi connectivity index (χ4v) is 4.35. The number of aromatic nitrogens is 2. The highest BCUT2D eigenvalue weighted by Crippen LogP contribution is 2.38. The average molecular weight is 311 g/mol. The van der Waals surface area contributed by atoms with Crippen molar-refractivity contribution in [3.63, 3.8) is 0 Å². The molecule has 0 saturated heterocycles. The van der Waals surface area contributed by atoms with E-state index in [4.69, 9.17) is 4.42 Å². The molecule has 0 radical (unpaired) electrons. The maximum Gasteiger partial charge on any atom is 0.238 e. The molecule has 0 amide bonds. The molecule has 4 aromatic heterocycles. The number of aryl methyl sites for hydroxylation is 2. The van der Waals surface area contributed by atoms with E-state index in [0.717, 1.165) is 11.1 Å². The zero-order chi connectivity index (χ0) is 16.0. The summed E-state index contributed by atoms with van der Waals surface area (Å²) >= 11 is 0. The maximum atomic E-state index is 5.85. The monoisotopic (exact) mass is 311 g/mol. The molecule has 0 aliphatic carbocycles. The number of hydrogen-bond acceptors (Lipinski definition) is 1. The lowest BCUT2D eigenvalue weighted by Crippen LogP contribution is -2.30. The van der Waals surface area contributed by atoms with Gasteiger partial charge in [-0.3, -0.25) is 0 Å². The van der Waals surface area contributed by atoms with Gasteiger partial charge >= 0.3 is 0 Å². The normalized spacial score (nSPS) is 12.6. The van der Waals surface area contributed by atoms with Crippen molar-refractivity contribution in [2.75, 3.05) is 0 Å². The van der Waals surface area contributed by atoms with Crippen molar-refractivity contribution in [2.45, 2.75) is 6.92 Å². The molecule has 0 aliphatic heterocycles. The number of benzene rings is 2. The third kappa shape index (κ3) is 1.21. The number of rotatable bonds is 0. The van der Waals surface area contributed by atoms with Gasteiger partial charge in [-0.1, -0.05) is 18.2 Å². The summed E-state index contributed by atoms with van der Waals surface area (Å²) in [6, 6.07) is 15.1. The number of pyridine rings is 2. The molecular formula is C21H15N2O+. The third-order valence-corrected chi connectivity index (χ3v) is 5.43. The van der Waals surface area contributed by atoms with Crippen molar-refractivity contribution in [1.82, 2.24) is 4.40 Å². The highest BCUT2D eigenvalue weighted by molar-refractivity contribution is 6.23. The second-order valence-corrected chi connectivity index (χ2v) is 6.62. The summed E-state index contributed by atoms with van der Waals surface area (Å²) in [5, 5.41) is 5.09. The van der Waals surface area contributed by atoms with Crippen molar-refractivity contribution in [2.24, 2.45) is 7.05 Å². The van der Waals surface area contributed by atoms with E-state index in [1.54, 1.807) is 0 Å². The highest BCUT2D eigenvalue weighted by atomic mass is 16.3. The molecule has 3 nitrogen and oxygen atoms in total. The van der Waals surface area contributed by atoms with Crippen LogP contribution in [0.3, 0.4) is 0 Å². The highest BCUT2D eigenvalue weighted by Gasteiger charge is 2.25. The second kappa shape index (κ2) is 3.88. The Morgan fingerprint density at radius 1 is 0.958 bits per heavy atom. The SMILES string of the molecule is Cc1ccc2occ3c2c1c1c2c(ccn32)c2ccccc2[n+]1C. The Bertz CT molecular complexity index is 1400. The standard InChI is InChI=1S/C21H15N2O/c1-12-7-8-17-19-16(11-24-17)23-10-9-14-13-5-3-4-6-15(13)22(2)21(18(12)19)20(14)23/h3-11H,1-2H3/q+1. The van der Waals surface area contributed by atoms with Crippen LogP contribution < -0.4 is 4.57 Å². The van der Waals surface area contributed by atoms with Crippen molar-refractivity contribution in [1.29, 1.82) is 0 Å². The molecule has 2 aromatic carbocycles. The zero-order valence-corrected chi connectivity index (χ0v) is 13.5. The summed E-state index contributed by atoms with van der Waals surface area (Å²) in [7, 11) is 2.16. The molecule has 114 valence electrons. The molecule has 24 heavy (non-hydrogen) atoms. The minimum Gasteiger partial charge on any atom is -0.462 e. The van der Waals surface area contributed by atoms with Crippen molar-refractivity contribution in [3.05, 3.63) is 60.5 Å². The van der Waals surface area contributed by atoms with Crippen LogP contribution in [-0.4, -0.2) is 4.40 Å². The first-order chi connectivity index (χ1) is 11.8. The molecule has 0 saturated carbocycles. The summed E-state index contributed by atoms with van der Waals surface area (Å²) in [5.41, 5.74) is 7.16. The van der Waals surface area contributed by atoms with Crippen LogP contribution in [0.1, 0.15) is 5.56 Å². The number of para-hydroxylation sites is 1. The molecule has 0 bridgehead atoms. The van der Waals surface area contributed by atoms with Gasteiger partial charge in [-0.05, 0) is 30.7 Å². The summed E-state index contributed by atoms with van der Waals surface area (Å²) < 4.78 is 10.5. The molecule has 4 heterocycles. The van der Waals surface area contributed by atoms with Crippen LogP contribution in [0, 0.1) is 6.92 Å². The lowest BCUT2D eigenvalue weighted by atomic mass is 10.0. The Kier molecular flexibility index (Phi) is 2.00. The molecule has 3 heteroatoms. The average Bonchev–Trinajstić information content (AvgIpc) is 3.22. The van der Waals surface area contributed by atoms with Gasteiger partial charge in [0.1, 0.15) is 24.4 Å². The lowest BCUT2D eigenvalue weighted by molar-refractivity contribution is -0.616. The molecular weight excluding hydrogens is 296 g/mol. The van der Waals surface area contributed by atoms with E-state index in [1.807, 2.05) is 6.26 Å². The second-order valence-electron chi connectivity index (χ2n) is 6.62. The van der Waals surface area contributed by atoms with E-state index in [9.17, 15) is 0 Å². The summed E-state index contributed by atoms with van der Waals surface area (Å²) in [4.78, 5) is 0. The van der Waals surface area contributed by atoms with Gasteiger partial charge < -0.3 is 8.82 Å². The van der Waals surface area contributed by atoms with Gasteiger partial charge in [0.05, 0.1) is 21.7 Å². The topological polar surface area (TPSA) is 21.4 Å². The molecule has 0 spiro atoms. The first-order valence-corrected chi connectivity index (χ1v) is 8.19. The first kappa shape index (κ1) is 12.4. The first-order valence-electron chi connectivity index (χ1n) is 8.19. The van der Waals surface area contributed by atoms with Gasteiger partial charge in [0, 0.05) is 17.6 Å². The number of fused-ring (bicyclic) bond motifs is 4. The quantitative estimate of drug-likeness (QED) is 0.226. The van der Waals surface area contributed by atoms with E-state index in [2.05, 4.69) is 71.6 Å². The fraction of sp³-hybridized carbons (Fsp3) is 0.0952. The molecule has 6 aromatic rings. The number of hydrogen-bond donors (Lipinski definition) is 0. The van der Waals surface area contributed by atoms with Gasteiger partial charge in [-0.2, -0.15) is 4.57 Å². The van der Waals surface area contributed by atoms with E-state index in [1.165, 1.54) is 43.7 Å². The van der Waals surface area contributed by atoms with Crippen LogP contribution in [0.4, 0.5) is 0 Å². The predicted molar refractivity (Wildman–Crippen MR) is 96.8 cm³/mol. The lowest BCUT2D eigenvalue weighted by Gasteiger charge is -2.09. The van der Waals surface area contributed by atoms with Crippen LogP contribution in [0.5, 0.6) is 0 Å². The van der Waals surface area contributed by atoms with Crippen LogP contribution in [0.2, 0.25) is 0 Å². The maximum absolute atomic E-state index is 5.85. The Balaban J connectivity index is 2.14. The smallest absolute Gasteiger partial charge is 0.238 e. The number of furan rings is 1. The van der Waals surface area contributed by atoms with Crippen LogP contribution >= 0.6 is 0 Å².